The van der Waals surface area contributed by atoms with Gasteiger partial charge in [0.15, 0.2) is 0 Å². The predicted octanol–water partition coefficient (Wildman–Crippen LogP) is 2.62. The maximum Gasteiger partial charge on any atom is 0.134 e. The van der Waals surface area contributed by atoms with Crippen LogP contribution in [0.4, 0.5) is 0 Å². The third kappa shape index (κ3) is 2.29. The van der Waals surface area contributed by atoms with Gasteiger partial charge in [0.1, 0.15) is 12.2 Å². The van der Waals surface area contributed by atoms with Gasteiger partial charge in [-0.15, -0.1) is 0 Å². The second-order valence-corrected chi connectivity index (χ2v) is 2.97. The van der Waals surface area contributed by atoms with E-state index in [1.165, 1.54) is 25.4 Å². The highest BCUT2D eigenvalue weighted by Crippen LogP contribution is 2.23. The molecule has 1 rings (SSSR count). The molecule has 0 N–H and O–H groups in total. The van der Waals surface area contributed by atoms with Crippen LogP contribution in [0.2, 0.25) is 0 Å². The summed E-state index contributed by atoms with van der Waals surface area (Å²) < 4.78 is 10.7. The molecule has 1 saturated carbocycles. The van der Waals surface area contributed by atoms with Gasteiger partial charge in [-0.2, -0.15) is 0 Å². The quantitative estimate of drug-likeness (QED) is 0.601. The second kappa shape index (κ2) is 4.86. The Balaban J connectivity index is 2.41. The molecule has 12 heavy (non-hydrogen) atoms. The van der Waals surface area contributed by atoms with Crippen molar-refractivity contribution < 1.29 is 9.47 Å². The number of rotatable bonds is 4. The molecule has 1 aliphatic carbocycles. The van der Waals surface area contributed by atoms with Crippen molar-refractivity contribution in [3.63, 3.8) is 0 Å². The van der Waals surface area contributed by atoms with Gasteiger partial charge in [-0.05, 0) is 25.7 Å². The van der Waals surface area contributed by atoms with Crippen molar-refractivity contribution in [3.05, 3.63) is 25.7 Å². The van der Waals surface area contributed by atoms with Gasteiger partial charge in [0.2, 0.25) is 0 Å². The molecule has 0 aromatic carbocycles. The molecule has 0 spiro atoms. The van der Waals surface area contributed by atoms with Crippen LogP contribution in [-0.4, -0.2) is 12.2 Å². The Morgan fingerprint density at radius 3 is 1.67 bits per heavy atom. The van der Waals surface area contributed by atoms with Crippen molar-refractivity contribution in [2.45, 2.75) is 37.9 Å². The summed E-state index contributed by atoms with van der Waals surface area (Å²) in [5.41, 5.74) is 0. The molecule has 2 heteroatoms. The van der Waals surface area contributed by atoms with Crippen LogP contribution < -0.4 is 0 Å². The van der Waals surface area contributed by atoms with E-state index in [1.807, 2.05) is 0 Å². The van der Waals surface area contributed by atoms with Crippen LogP contribution >= 0.6 is 0 Å². The normalized spacial score (nSPS) is 29.0. The highest BCUT2D eigenvalue weighted by Gasteiger charge is 2.26. The highest BCUT2D eigenvalue weighted by molar-refractivity contribution is 4.79. The topological polar surface area (TPSA) is 18.5 Å². The fourth-order valence-corrected chi connectivity index (χ4v) is 1.62. The number of hydrogen-bond donors (Lipinski definition) is 0. The van der Waals surface area contributed by atoms with Crippen molar-refractivity contribution in [3.8, 4) is 0 Å². The van der Waals surface area contributed by atoms with Crippen molar-refractivity contribution in [2.24, 2.45) is 0 Å². The highest BCUT2D eigenvalue weighted by atomic mass is 16.5. The molecule has 2 nitrogen and oxygen atoms in total. The fourth-order valence-electron chi connectivity index (χ4n) is 1.62. The Morgan fingerprint density at radius 1 is 0.917 bits per heavy atom. The maximum absolute atomic E-state index is 5.34. The first-order valence-corrected chi connectivity index (χ1v) is 4.41. The minimum absolute atomic E-state index is 0.175. The summed E-state index contributed by atoms with van der Waals surface area (Å²) in [7, 11) is 0. The molecule has 2 unspecified atom stereocenters. The summed E-state index contributed by atoms with van der Waals surface area (Å²) >= 11 is 0. The molecular formula is C10H16O2. The zero-order valence-corrected chi connectivity index (χ0v) is 7.37. The Kier molecular flexibility index (Phi) is 3.71. The van der Waals surface area contributed by atoms with Crippen LogP contribution in [0, 0.1) is 0 Å². The van der Waals surface area contributed by atoms with Crippen molar-refractivity contribution in [2.75, 3.05) is 0 Å². The van der Waals surface area contributed by atoms with Crippen LogP contribution in [0.3, 0.4) is 0 Å². The first-order valence-electron chi connectivity index (χ1n) is 4.41. The Labute approximate surface area is 73.9 Å². The summed E-state index contributed by atoms with van der Waals surface area (Å²) in [6.07, 6.45) is 7.90. The first kappa shape index (κ1) is 9.17. The number of hydrogen-bond acceptors (Lipinski definition) is 2. The van der Waals surface area contributed by atoms with Gasteiger partial charge in [-0.3, -0.25) is 0 Å². The van der Waals surface area contributed by atoms with E-state index >= 15 is 0 Å². The van der Waals surface area contributed by atoms with Gasteiger partial charge >= 0.3 is 0 Å². The Morgan fingerprint density at radius 2 is 1.33 bits per heavy atom. The molecule has 68 valence electrons. The molecular weight excluding hydrogens is 152 g/mol. The molecule has 2 atom stereocenters. The third-order valence-corrected chi connectivity index (χ3v) is 2.18. The molecule has 0 aromatic rings. The lowest BCUT2D eigenvalue weighted by Gasteiger charge is -2.29. The summed E-state index contributed by atoms with van der Waals surface area (Å²) in [4.78, 5) is 0. The number of ether oxygens (including phenoxy) is 2. The van der Waals surface area contributed by atoms with Crippen LogP contribution in [0.15, 0.2) is 25.7 Å². The summed E-state index contributed by atoms with van der Waals surface area (Å²) in [6.45, 7) is 7.09. The van der Waals surface area contributed by atoms with Gasteiger partial charge in [-0.1, -0.05) is 13.2 Å². The minimum atomic E-state index is 0.175. The molecule has 0 aliphatic heterocycles. The zero-order valence-electron chi connectivity index (χ0n) is 7.37. The summed E-state index contributed by atoms with van der Waals surface area (Å²) in [5, 5.41) is 0. The van der Waals surface area contributed by atoms with Gasteiger partial charge in [0.25, 0.3) is 0 Å². The van der Waals surface area contributed by atoms with E-state index < -0.39 is 0 Å². The van der Waals surface area contributed by atoms with Crippen LogP contribution in [0.5, 0.6) is 0 Å². The molecule has 0 saturated heterocycles. The van der Waals surface area contributed by atoms with E-state index in [0.29, 0.717) is 0 Å². The summed E-state index contributed by atoms with van der Waals surface area (Å²) in [6, 6.07) is 0. The van der Waals surface area contributed by atoms with Crippen LogP contribution in [0.1, 0.15) is 25.7 Å². The summed E-state index contributed by atoms with van der Waals surface area (Å²) in [5.74, 6) is 0. The standard InChI is InChI=1S/C10H16O2/c1-3-11-9-7-5-6-8-10(9)12-4-2/h3-4,9-10H,1-2,5-8H2. The van der Waals surface area contributed by atoms with E-state index in [2.05, 4.69) is 13.2 Å². The third-order valence-electron chi connectivity index (χ3n) is 2.18. The van der Waals surface area contributed by atoms with E-state index in [0.717, 1.165) is 12.8 Å². The SMILES string of the molecule is C=COC1CCCCC1OC=C. The van der Waals surface area contributed by atoms with Crippen molar-refractivity contribution >= 4 is 0 Å². The second-order valence-electron chi connectivity index (χ2n) is 2.97. The van der Waals surface area contributed by atoms with E-state index in [-0.39, 0.29) is 12.2 Å². The Hall–Kier alpha value is -0.920. The first-order chi connectivity index (χ1) is 5.88. The minimum Gasteiger partial charge on any atom is -0.495 e. The lowest BCUT2D eigenvalue weighted by molar-refractivity contribution is -0.0253. The molecule has 0 bridgehead atoms. The predicted molar refractivity (Wildman–Crippen MR) is 48.6 cm³/mol. The Bertz CT molecular complexity index is 136. The van der Waals surface area contributed by atoms with Crippen LogP contribution in [0.25, 0.3) is 0 Å². The van der Waals surface area contributed by atoms with E-state index in [1.54, 1.807) is 0 Å². The van der Waals surface area contributed by atoms with Crippen molar-refractivity contribution in [1.29, 1.82) is 0 Å². The van der Waals surface area contributed by atoms with Gasteiger partial charge in [0, 0.05) is 0 Å². The zero-order chi connectivity index (χ0) is 8.81. The molecule has 1 aliphatic rings. The maximum atomic E-state index is 5.34. The van der Waals surface area contributed by atoms with E-state index in [9.17, 15) is 0 Å². The molecule has 1 fully saturated rings. The van der Waals surface area contributed by atoms with Gasteiger partial charge < -0.3 is 9.47 Å². The van der Waals surface area contributed by atoms with Crippen LogP contribution in [-0.2, 0) is 9.47 Å². The lowest BCUT2D eigenvalue weighted by Crippen LogP contribution is -2.32. The van der Waals surface area contributed by atoms with Gasteiger partial charge in [0.05, 0.1) is 12.5 Å². The van der Waals surface area contributed by atoms with Crippen molar-refractivity contribution in [1.82, 2.24) is 0 Å². The molecule has 0 aromatic heterocycles. The average molecular weight is 168 g/mol. The fraction of sp³-hybridized carbons (Fsp3) is 0.600. The molecule has 0 heterocycles. The average Bonchev–Trinajstić information content (AvgIpc) is 2.09. The molecule has 0 radical (unpaired) electrons. The lowest BCUT2D eigenvalue weighted by atomic mass is 9.95. The smallest absolute Gasteiger partial charge is 0.134 e. The largest absolute Gasteiger partial charge is 0.495 e. The van der Waals surface area contributed by atoms with Gasteiger partial charge in [-0.25, -0.2) is 0 Å². The molecule has 0 amide bonds. The monoisotopic (exact) mass is 168 g/mol. The van der Waals surface area contributed by atoms with E-state index in [4.69, 9.17) is 9.47 Å².